The van der Waals surface area contributed by atoms with Gasteiger partial charge in [-0.2, -0.15) is 0 Å². The van der Waals surface area contributed by atoms with E-state index in [1.165, 1.54) is 6.26 Å². The Morgan fingerprint density at radius 3 is 2.67 bits per heavy atom. The summed E-state index contributed by atoms with van der Waals surface area (Å²) < 4.78 is 28.6. The van der Waals surface area contributed by atoms with Gasteiger partial charge in [-0.25, -0.2) is 8.42 Å². The average Bonchev–Trinajstić information content (AvgIpc) is 2.28. The minimum atomic E-state index is -2.99. The summed E-state index contributed by atoms with van der Waals surface area (Å²) in [6, 6.07) is 5.82. The van der Waals surface area contributed by atoms with Crippen LogP contribution in [0.4, 0.5) is 0 Å². The highest BCUT2D eigenvalue weighted by molar-refractivity contribution is 9.10. The minimum Gasteiger partial charge on any atom is -0.492 e. The first-order chi connectivity index (χ1) is 8.33. The lowest BCUT2D eigenvalue weighted by molar-refractivity contribution is 0.334. The molecular weight excluding hydrogens is 318 g/mol. The van der Waals surface area contributed by atoms with Crippen LogP contribution in [0.2, 0.25) is 0 Å². The van der Waals surface area contributed by atoms with Crippen LogP contribution in [0.3, 0.4) is 0 Å². The first-order valence-electron chi connectivity index (χ1n) is 5.60. The highest BCUT2D eigenvalue weighted by Crippen LogP contribution is 2.28. The Morgan fingerprint density at radius 1 is 1.44 bits per heavy atom. The third kappa shape index (κ3) is 4.96. The van der Waals surface area contributed by atoms with Gasteiger partial charge in [0.15, 0.2) is 9.84 Å². The molecule has 1 rings (SSSR count). The fraction of sp³-hybridized carbons (Fsp3) is 0.500. The van der Waals surface area contributed by atoms with Gasteiger partial charge in [-0.15, -0.1) is 0 Å². The predicted molar refractivity (Wildman–Crippen MR) is 76.8 cm³/mol. The van der Waals surface area contributed by atoms with Gasteiger partial charge in [0.1, 0.15) is 12.4 Å². The average molecular weight is 336 g/mol. The third-order valence-corrected chi connectivity index (χ3v) is 3.98. The van der Waals surface area contributed by atoms with E-state index in [9.17, 15) is 8.42 Å². The molecule has 18 heavy (non-hydrogen) atoms. The van der Waals surface area contributed by atoms with Crippen LogP contribution in [0, 0.1) is 0 Å². The van der Waals surface area contributed by atoms with Crippen LogP contribution in [0.25, 0.3) is 0 Å². The Morgan fingerprint density at radius 2 is 2.11 bits per heavy atom. The van der Waals surface area contributed by atoms with E-state index in [2.05, 4.69) is 21.2 Å². The summed E-state index contributed by atoms with van der Waals surface area (Å²) in [4.78, 5) is 0. The Labute approximate surface area is 117 Å². The van der Waals surface area contributed by atoms with Crippen molar-refractivity contribution in [3.05, 3.63) is 28.2 Å². The van der Waals surface area contributed by atoms with Gasteiger partial charge in [0, 0.05) is 22.3 Å². The van der Waals surface area contributed by atoms with Crippen molar-refractivity contribution in [2.75, 3.05) is 25.7 Å². The fourth-order valence-corrected chi connectivity index (χ4v) is 2.21. The maximum Gasteiger partial charge on any atom is 0.150 e. The van der Waals surface area contributed by atoms with Crippen LogP contribution in [0.1, 0.15) is 18.5 Å². The summed E-state index contributed by atoms with van der Waals surface area (Å²) >= 11 is 3.41. The lowest BCUT2D eigenvalue weighted by Gasteiger charge is -2.16. The lowest BCUT2D eigenvalue weighted by atomic mass is 10.1. The Bertz CT molecular complexity index is 502. The molecule has 1 atom stereocenters. The summed E-state index contributed by atoms with van der Waals surface area (Å²) in [5.74, 6) is 0.736. The molecule has 0 saturated heterocycles. The number of hydrogen-bond donors (Lipinski definition) is 1. The first kappa shape index (κ1) is 15.5. The molecule has 1 unspecified atom stereocenters. The van der Waals surface area contributed by atoms with Crippen LogP contribution in [0.15, 0.2) is 22.7 Å². The minimum absolute atomic E-state index is 0.0242. The number of rotatable bonds is 6. The molecule has 0 aliphatic carbocycles. The van der Waals surface area contributed by atoms with E-state index in [-0.39, 0.29) is 18.4 Å². The van der Waals surface area contributed by atoms with E-state index >= 15 is 0 Å². The molecule has 6 heteroatoms. The van der Waals surface area contributed by atoms with E-state index < -0.39 is 9.84 Å². The van der Waals surface area contributed by atoms with E-state index in [0.717, 1.165) is 10.0 Å². The molecule has 0 heterocycles. The van der Waals surface area contributed by atoms with E-state index in [4.69, 9.17) is 4.74 Å². The van der Waals surface area contributed by atoms with Gasteiger partial charge in [-0.3, -0.25) is 0 Å². The highest BCUT2D eigenvalue weighted by atomic mass is 79.9. The number of halogens is 1. The molecule has 0 bridgehead atoms. The molecular formula is C12H18BrNO3S. The third-order valence-electron chi connectivity index (χ3n) is 2.58. The molecule has 0 aliphatic rings. The van der Waals surface area contributed by atoms with Gasteiger partial charge < -0.3 is 10.1 Å². The summed E-state index contributed by atoms with van der Waals surface area (Å²) in [5.41, 5.74) is 1.00. The smallest absolute Gasteiger partial charge is 0.150 e. The second kappa shape index (κ2) is 6.54. The van der Waals surface area contributed by atoms with Crippen LogP contribution in [0.5, 0.6) is 5.75 Å². The number of ether oxygens (including phenoxy) is 1. The summed E-state index contributed by atoms with van der Waals surface area (Å²) in [7, 11) is -1.12. The van der Waals surface area contributed by atoms with Gasteiger partial charge in [-0.05, 0) is 32.2 Å². The SMILES string of the molecule is CNC(C)c1cc(Br)ccc1OCCS(C)(=O)=O. The van der Waals surface area contributed by atoms with Crippen molar-refractivity contribution < 1.29 is 13.2 Å². The van der Waals surface area contributed by atoms with Crippen molar-refractivity contribution in [2.24, 2.45) is 0 Å². The van der Waals surface area contributed by atoms with Crippen molar-refractivity contribution in [3.8, 4) is 5.75 Å². The van der Waals surface area contributed by atoms with Crippen molar-refractivity contribution in [2.45, 2.75) is 13.0 Å². The second-order valence-corrected chi connectivity index (χ2v) is 7.35. The maximum atomic E-state index is 11.1. The van der Waals surface area contributed by atoms with Crippen molar-refractivity contribution in [1.29, 1.82) is 0 Å². The Balaban J connectivity index is 2.81. The van der Waals surface area contributed by atoms with Crippen LogP contribution in [-0.4, -0.2) is 34.1 Å². The molecule has 1 aromatic rings. The summed E-state index contributed by atoms with van der Waals surface area (Å²) in [6.45, 7) is 2.19. The van der Waals surface area contributed by atoms with Gasteiger partial charge in [0.2, 0.25) is 0 Å². The second-order valence-electron chi connectivity index (χ2n) is 4.17. The molecule has 0 fully saturated rings. The molecule has 1 N–H and O–H groups in total. The number of hydrogen-bond acceptors (Lipinski definition) is 4. The first-order valence-corrected chi connectivity index (χ1v) is 8.46. The zero-order valence-electron chi connectivity index (χ0n) is 10.7. The molecule has 4 nitrogen and oxygen atoms in total. The van der Waals surface area contributed by atoms with Crippen molar-refractivity contribution in [3.63, 3.8) is 0 Å². The topological polar surface area (TPSA) is 55.4 Å². The fourth-order valence-electron chi connectivity index (χ4n) is 1.45. The normalized spacial score (nSPS) is 13.3. The largest absolute Gasteiger partial charge is 0.492 e. The molecule has 1 aromatic carbocycles. The highest BCUT2D eigenvalue weighted by Gasteiger charge is 2.11. The monoisotopic (exact) mass is 335 g/mol. The molecule has 0 aromatic heterocycles. The zero-order chi connectivity index (χ0) is 13.8. The molecule has 0 radical (unpaired) electrons. The maximum absolute atomic E-state index is 11.1. The molecule has 0 spiro atoms. The van der Waals surface area contributed by atoms with Gasteiger partial charge >= 0.3 is 0 Å². The Kier molecular flexibility index (Phi) is 5.62. The summed E-state index contributed by atoms with van der Waals surface area (Å²) in [6.07, 6.45) is 1.20. The quantitative estimate of drug-likeness (QED) is 0.865. The van der Waals surface area contributed by atoms with Crippen molar-refractivity contribution in [1.82, 2.24) is 5.32 Å². The van der Waals surface area contributed by atoms with Crippen LogP contribution < -0.4 is 10.1 Å². The van der Waals surface area contributed by atoms with Gasteiger partial charge in [-0.1, -0.05) is 15.9 Å². The predicted octanol–water partition coefficient (Wildman–Crippen LogP) is 2.15. The number of benzene rings is 1. The molecule has 0 aliphatic heterocycles. The molecule has 0 saturated carbocycles. The molecule has 102 valence electrons. The number of sulfone groups is 1. The number of nitrogens with one attached hydrogen (secondary N) is 1. The van der Waals surface area contributed by atoms with Crippen LogP contribution >= 0.6 is 15.9 Å². The zero-order valence-corrected chi connectivity index (χ0v) is 13.1. The summed E-state index contributed by atoms with van der Waals surface area (Å²) in [5, 5.41) is 3.14. The van der Waals surface area contributed by atoms with Crippen molar-refractivity contribution >= 4 is 25.8 Å². The Hall–Kier alpha value is -0.590. The van der Waals surface area contributed by atoms with E-state index in [0.29, 0.717) is 5.75 Å². The van der Waals surface area contributed by atoms with E-state index in [1.54, 1.807) is 0 Å². The lowest BCUT2D eigenvalue weighted by Crippen LogP contribution is -2.16. The standard InChI is InChI=1S/C12H18BrNO3S/c1-9(14-2)11-8-10(13)4-5-12(11)17-6-7-18(3,15)16/h4-5,8-9,14H,6-7H2,1-3H3. The molecule has 0 amide bonds. The van der Waals surface area contributed by atoms with Crippen LogP contribution in [-0.2, 0) is 9.84 Å². The van der Waals surface area contributed by atoms with E-state index in [1.807, 2.05) is 32.2 Å². The van der Waals surface area contributed by atoms with Gasteiger partial charge in [0.05, 0.1) is 5.75 Å². The van der Waals surface area contributed by atoms with Gasteiger partial charge in [0.25, 0.3) is 0 Å².